The fraction of sp³-hybridized carbons (Fsp3) is 0.273. The Hall–Kier alpha value is -2.94. The van der Waals surface area contributed by atoms with Crippen LogP contribution in [0.3, 0.4) is 0 Å². The molecule has 0 aliphatic carbocycles. The zero-order valence-corrected chi connectivity index (χ0v) is 18.9. The summed E-state index contributed by atoms with van der Waals surface area (Å²) in [5.41, 5.74) is 1.52. The number of rotatable bonds is 5. The van der Waals surface area contributed by atoms with E-state index in [1.165, 1.54) is 0 Å². The van der Waals surface area contributed by atoms with E-state index >= 15 is 0 Å². The van der Waals surface area contributed by atoms with E-state index in [0.717, 1.165) is 25.1 Å². The Kier molecular flexibility index (Phi) is 6.74. The van der Waals surface area contributed by atoms with Crippen LogP contribution < -0.4 is 15.5 Å². The van der Waals surface area contributed by atoms with Gasteiger partial charge in [0.25, 0.3) is 5.91 Å². The minimum Gasteiger partial charge on any atom is -0.391 e. The van der Waals surface area contributed by atoms with Gasteiger partial charge in [0.2, 0.25) is 5.95 Å². The zero-order chi connectivity index (χ0) is 22.7. The summed E-state index contributed by atoms with van der Waals surface area (Å²) in [6.45, 7) is 3.19. The molecule has 1 aliphatic heterocycles. The Bertz CT molecular complexity index is 1120. The number of halogens is 2. The SMILES string of the molecule is Cc1cc(Nc2cc(NC(=O)c3c(Cl)cccc3Cl)ccn2)nc(N2CCCC(O)C2)n1. The molecule has 8 nitrogen and oxygen atoms in total. The number of pyridine rings is 1. The molecule has 1 atom stereocenters. The minimum absolute atomic E-state index is 0.210. The monoisotopic (exact) mass is 472 g/mol. The molecule has 0 saturated carbocycles. The third kappa shape index (κ3) is 5.27. The van der Waals surface area contributed by atoms with E-state index in [1.807, 2.05) is 11.8 Å². The van der Waals surface area contributed by atoms with E-state index < -0.39 is 5.91 Å². The number of aromatic nitrogens is 3. The summed E-state index contributed by atoms with van der Waals surface area (Å²) in [7, 11) is 0. The highest BCUT2D eigenvalue weighted by Crippen LogP contribution is 2.26. The van der Waals surface area contributed by atoms with Gasteiger partial charge in [-0.1, -0.05) is 29.3 Å². The maximum atomic E-state index is 12.6. The lowest BCUT2D eigenvalue weighted by Gasteiger charge is -2.30. The average Bonchev–Trinajstić information content (AvgIpc) is 2.73. The van der Waals surface area contributed by atoms with Gasteiger partial charge in [-0.05, 0) is 38.0 Å². The number of hydrogen-bond donors (Lipinski definition) is 3. The Morgan fingerprint density at radius 3 is 2.69 bits per heavy atom. The van der Waals surface area contributed by atoms with Gasteiger partial charge in [-0.25, -0.2) is 9.97 Å². The predicted molar refractivity (Wildman–Crippen MR) is 126 cm³/mol. The van der Waals surface area contributed by atoms with Gasteiger partial charge in [-0.3, -0.25) is 4.79 Å². The van der Waals surface area contributed by atoms with Gasteiger partial charge < -0.3 is 20.6 Å². The second kappa shape index (κ2) is 9.68. The van der Waals surface area contributed by atoms with Crippen molar-refractivity contribution < 1.29 is 9.90 Å². The fourth-order valence-electron chi connectivity index (χ4n) is 3.51. The highest BCUT2D eigenvalue weighted by molar-refractivity contribution is 6.40. The lowest BCUT2D eigenvalue weighted by molar-refractivity contribution is 0.102. The standard InChI is InChI=1S/C22H22Cl2N6O2/c1-13-10-19(29-22(26-13)30-9-3-4-15(31)12-30)28-18-11-14(7-8-25-18)27-21(32)20-16(23)5-2-6-17(20)24/h2,5-8,10-11,15,31H,3-4,9,12H2,1H3,(H2,25,26,27,28,29,32). The molecule has 3 N–H and O–H groups in total. The minimum atomic E-state index is -0.415. The van der Waals surface area contributed by atoms with Crippen molar-refractivity contribution in [2.24, 2.45) is 0 Å². The van der Waals surface area contributed by atoms with Crippen molar-refractivity contribution in [2.45, 2.75) is 25.9 Å². The molecule has 166 valence electrons. The molecular weight excluding hydrogens is 451 g/mol. The summed E-state index contributed by atoms with van der Waals surface area (Å²) < 4.78 is 0. The van der Waals surface area contributed by atoms with Crippen LogP contribution >= 0.6 is 23.2 Å². The lowest BCUT2D eigenvalue weighted by Crippen LogP contribution is -2.39. The topological polar surface area (TPSA) is 103 Å². The number of aliphatic hydroxyl groups excluding tert-OH is 1. The normalized spacial score (nSPS) is 16.0. The van der Waals surface area contributed by atoms with E-state index in [0.29, 0.717) is 29.8 Å². The number of amides is 1. The van der Waals surface area contributed by atoms with Crippen LogP contribution in [0, 0.1) is 6.92 Å². The van der Waals surface area contributed by atoms with Crippen LogP contribution in [0.4, 0.5) is 23.3 Å². The van der Waals surface area contributed by atoms with Crippen molar-refractivity contribution in [2.75, 3.05) is 28.6 Å². The van der Waals surface area contributed by atoms with Crippen LogP contribution in [0.5, 0.6) is 0 Å². The van der Waals surface area contributed by atoms with Crippen LogP contribution in [0.2, 0.25) is 10.0 Å². The molecule has 0 bridgehead atoms. The maximum absolute atomic E-state index is 12.6. The van der Waals surface area contributed by atoms with Gasteiger partial charge in [0, 0.05) is 42.8 Å². The van der Waals surface area contributed by atoms with Crippen molar-refractivity contribution >= 4 is 52.4 Å². The summed E-state index contributed by atoms with van der Waals surface area (Å²) in [6, 6.07) is 10.1. The molecule has 10 heteroatoms. The van der Waals surface area contributed by atoms with Crippen molar-refractivity contribution in [3.63, 3.8) is 0 Å². The van der Waals surface area contributed by atoms with Crippen molar-refractivity contribution in [1.82, 2.24) is 15.0 Å². The fourth-order valence-corrected chi connectivity index (χ4v) is 4.08. The number of piperidine rings is 1. The Morgan fingerprint density at radius 1 is 1.16 bits per heavy atom. The van der Waals surface area contributed by atoms with Crippen LogP contribution in [-0.2, 0) is 0 Å². The molecule has 1 amide bonds. The van der Waals surface area contributed by atoms with Gasteiger partial charge in [0.15, 0.2) is 0 Å². The molecule has 32 heavy (non-hydrogen) atoms. The smallest absolute Gasteiger partial charge is 0.258 e. The van der Waals surface area contributed by atoms with Crippen LogP contribution in [-0.4, -0.2) is 45.2 Å². The largest absolute Gasteiger partial charge is 0.391 e. The van der Waals surface area contributed by atoms with Crippen molar-refractivity contribution in [3.05, 3.63) is 63.9 Å². The molecule has 1 aromatic carbocycles. The van der Waals surface area contributed by atoms with Gasteiger partial charge in [-0.15, -0.1) is 0 Å². The number of nitrogens with one attached hydrogen (secondary N) is 2. The van der Waals surface area contributed by atoms with E-state index in [-0.39, 0.29) is 21.7 Å². The number of carbonyl (C=O) groups is 1. The molecule has 4 rings (SSSR count). The molecule has 1 unspecified atom stereocenters. The van der Waals surface area contributed by atoms with Crippen LogP contribution in [0.25, 0.3) is 0 Å². The highest BCUT2D eigenvalue weighted by atomic mass is 35.5. The molecule has 2 aromatic heterocycles. The molecule has 1 saturated heterocycles. The molecule has 3 aromatic rings. The molecule has 3 heterocycles. The van der Waals surface area contributed by atoms with E-state index in [9.17, 15) is 9.90 Å². The third-order valence-corrected chi connectivity index (χ3v) is 5.62. The second-order valence-electron chi connectivity index (χ2n) is 7.54. The second-order valence-corrected chi connectivity index (χ2v) is 8.36. The molecule has 0 spiro atoms. The van der Waals surface area contributed by atoms with E-state index in [2.05, 4.69) is 25.6 Å². The zero-order valence-electron chi connectivity index (χ0n) is 17.3. The lowest BCUT2D eigenvalue weighted by atomic mass is 10.1. The summed E-state index contributed by atoms with van der Waals surface area (Å²) in [5.74, 6) is 1.21. The quantitative estimate of drug-likeness (QED) is 0.503. The first-order chi connectivity index (χ1) is 15.4. The Labute approximate surface area is 195 Å². The molecule has 1 fully saturated rings. The molecule has 0 radical (unpaired) electrons. The number of nitrogens with zero attached hydrogens (tertiary/aromatic N) is 4. The van der Waals surface area contributed by atoms with E-state index in [1.54, 1.807) is 42.6 Å². The first-order valence-corrected chi connectivity index (χ1v) is 10.9. The Morgan fingerprint density at radius 2 is 1.94 bits per heavy atom. The maximum Gasteiger partial charge on any atom is 0.258 e. The molecule has 1 aliphatic rings. The number of benzene rings is 1. The van der Waals surface area contributed by atoms with Crippen molar-refractivity contribution in [1.29, 1.82) is 0 Å². The number of carbonyl (C=O) groups excluding carboxylic acids is 1. The first kappa shape index (κ1) is 22.3. The Balaban J connectivity index is 1.51. The number of anilines is 4. The van der Waals surface area contributed by atoms with Gasteiger partial charge in [0.1, 0.15) is 11.6 Å². The first-order valence-electron chi connectivity index (χ1n) is 10.2. The molecular formula is C22H22Cl2N6O2. The summed E-state index contributed by atoms with van der Waals surface area (Å²) >= 11 is 12.3. The predicted octanol–water partition coefficient (Wildman–Crippen LogP) is 4.44. The van der Waals surface area contributed by atoms with Gasteiger partial charge >= 0.3 is 0 Å². The van der Waals surface area contributed by atoms with E-state index in [4.69, 9.17) is 23.2 Å². The third-order valence-electron chi connectivity index (χ3n) is 4.99. The number of hydrogen-bond acceptors (Lipinski definition) is 7. The number of aryl methyl sites for hydroxylation is 1. The van der Waals surface area contributed by atoms with Crippen molar-refractivity contribution in [3.8, 4) is 0 Å². The summed E-state index contributed by atoms with van der Waals surface area (Å²) in [5, 5.41) is 16.5. The van der Waals surface area contributed by atoms with Crippen LogP contribution in [0.1, 0.15) is 28.9 Å². The average molecular weight is 473 g/mol. The number of aliphatic hydroxyl groups is 1. The number of β-amino-alcohol motifs (C(OH)–C–C–N with tert-alkyl or cyclic N) is 1. The summed E-state index contributed by atoms with van der Waals surface area (Å²) in [6.07, 6.45) is 2.87. The van der Waals surface area contributed by atoms with Gasteiger partial charge in [-0.2, -0.15) is 4.98 Å². The summed E-state index contributed by atoms with van der Waals surface area (Å²) in [4.78, 5) is 28.0. The highest BCUT2D eigenvalue weighted by Gasteiger charge is 2.21. The van der Waals surface area contributed by atoms with Gasteiger partial charge in [0.05, 0.1) is 21.7 Å². The van der Waals surface area contributed by atoms with Crippen LogP contribution in [0.15, 0.2) is 42.6 Å².